The van der Waals surface area contributed by atoms with Crippen LogP contribution in [0.3, 0.4) is 0 Å². The Bertz CT molecular complexity index is 999. The van der Waals surface area contributed by atoms with E-state index in [-0.39, 0.29) is 5.69 Å². The Kier molecular flexibility index (Phi) is 6.29. The highest BCUT2D eigenvalue weighted by atomic mass is 16.6. The Morgan fingerprint density at radius 1 is 1.16 bits per heavy atom. The SMILES string of the molecule is NC1(c2cccc(-c3cccc([N+](=O)[O-])c3)c2)N=CC=C(NCCCN2CCCC2)N1. The maximum Gasteiger partial charge on any atom is 0.270 e. The van der Waals surface area contributed by atoms with E-state index < -0.39 is 10.7 Å². The van der Waals surface area contributed by atoms with Gasteiger partial charge in [-0.2, -0.15) is 0 Å². The zero-order chi connectivity index (χ0) is 21.7. The van der Waals surface area contributed by atoms with Crippen LogP contribution in [0.4, 0.5) is 5.69 Å². The van der Waals surface area contributed by atoms with E-state index in [0.717, 1.165) is 42.0 Å². The van der Waals surface area contributed by atoms with Crippen molar-refractivity contribution in [2.75, 3.05) is 26.2 Å². The fourth-order valence-corrected chi connectivity index (χ4v) is 4.03. The number of hydrogen-bond acceptors (Lipinski definition) is 7. The molecule has 2 aromatic rings. The molecule has 0 aromatic heterocycles. The minimum atomic E-state index is -1.11. The predicted molar refractivity (Wildman–Crippen MR) is 122 cm³/mol. The van der Waals surface area contributed by atoms with Gasteiger partial charge < -0.3 is 15.5 Å². The number of nitrogens with two attached hydrogens (primary N) is 1. The lowest BCUT2D eigenvalue weighted by atomic mass is 9.99. The molecule has 1 saturated heterocycles. The van der Waals surface area contributed by atoms with Crippen LogP contribution in [0.1, 0.15) is 24.8 Å². The number of benzene rings is 2. The van der Waals surface area contributed by atoms with Crippen LogP contribution in [-0.2, 0) is 5.79 Å². The summed E-state index contributed by atoms with van der Waals surface area (Å²) in [6.45, 7) is 4.38. The second-order valence-electron chi connectivity index (χ2n) is 7.97. The number of likely N-dealkylation sites (tertiary alicyclic amines) is 1. The van der Waals surface area contributed by atoms with Crippen molar-refractivity contribution < 1.29 is 4.92 Å². The number of nitro benzene ring substituents is 1. The van der Waals surface area contributed by atoms with Crippen molar-refractivity contribution in [2.24, 2.45) is 10.7 Å². The topological polar surface area (TPSA) is 109 Å². The summed E-state index contributed by atoms with van der Waals surface area (Å²) in [7, 11) is 0. The molecule has 162 valence electrons. The second kappa shape index (κ2) is 9.28. The van der Waals surface area contributed by atoms with Gasteiger partial charge in [0.15, 0.2) is 0 Å². The third-order valence-corrected chi connectivity index (χ3v) is 5.70. The van der Waals surface area contributed by atoms with Gasteiger partial charge >= 0.3 is 0 Å². The van der Waals surface area contributed by atoms with Crippen LogP contribution in [0, 0.1) is 10.1 Å². The first-order chi connectivity index (χ1) is 15.0. The minimum absolute atomic E-state index is 0.0579. The highest BCUT2D eigenvalue weighted by Gasteiger charge is 2.29. The number of nitrogens with zero attached hydrogens (tertiary/aromatic N) is 3. The molecule has 8 heteroatoms. The third kappa shape index (κ3) is 5.10. The summed E-state index contributed by atoms with van der Waals surface area (Å²) in [6, 6.07) is 14.2. The maximum atomic E-state index is 11.1. The van der Waals surface area contributed by atoms with Crippen LogP contribution < -0.4 is 16.4 Å². The van der Waals surface area contributed by atoms with E-state index in [1.54, 1.807) is 18.3 Å². The number of allylic oxidation sites excluding steroid dienone is 1. The Labute approximate surface area is 182 Å². The van der Waals surface area contributed by atoms with Crippen molar-refractivity contribution >= 4 is 11.9 Å². The van der Waals surface area contributed by atoms with Crippen molar-refractivity contribution in [3.63, 3.8) is 0 Å². The van der Waals surface area contributed by atoms with Crippen molar-refractivity contribution in [1.82, 2.24) is 15.5 Å². The maximum absolute atomic E-state index is 11.1. The Morgan fingerprint density at radius 2 is 1.90 bits per heavy atom. The van der Waals surface area contributed by atoms with Crippen molar-refractivity contribution in [3.8, 4) is 11.1 Å². The van der Waals surface area contributed by atoms with E-state index >= 15 is 0 Å². The lowest BCUT2D eigenvalue weighted by molar-refractivity contribution is -0.384. The molecule has 0 radical (unpaired) electrons. The number of hydrogen-bond donors (Lipinski definition) is 3. The van der Waals surface area contributed by atoms with E-state index in [9.17, 15) is 10.1 Å². The van der Waals surface area contributed by atoms with Gasteiger partial charge in [0, 0.05) is 30.5 Å². The molecule has 1 fully saturated rings. The first-order valence-electron chi connectivity index (χ1n) is 10.7. The molecule has 4 rings (SSSR count). The molecule has 2 aliphatic rings. The number of nitrogens with one attached hydrogen (secondary N) is 2. The van der Waals surface area contributed by atoms with Gasteiger partial charge in [0.2, 0.25) is 5.79 Å². The average Bonchev–Trinajstić information content (AvgIpc) is 3.31. The zero-order valence-corrected chi connectivity index (χ0v) is 17.5. The standard InChI is InChI=1S/C23H28N6O2/c24-23(26-12-10-22(27-23)25-11-5-15-28-13-1-2-14-28)20-8-3-6-18(16-20)19-7-4-9-21(17-19)29(30)31/h3-4,6-10,12,16-17,25,27H,1-2,5,11,13-15,24H2. The van der Waals surface area contributed by atoms with Crippen LogP contribution in [0.25, 0.3) is 11.1 Å². The lowest BCUT2D eigenvalue weighted by Gasteiger charge is -2.32. The molecule has 31 heavy (non-hydrogen) atoms. The van der Waals surface area contributed by atoms with Crippen LogP contribution in [0.5, 0.6) is 0 Å². The highest BCUT2D eigenvalue weighted by Crippen LogP contribution is 2.28. The van der Waals surface area contributed by atoms with Gasteiger partial charge in [-0.05, 0) is 62.2 Å². The summed E-state index contributed by atoms with van der Waals surface area (Å²) >= 11 is 0. The van der Waals surface area contributed by atoms with E-state index in [0.29, 0.717) is 0 Å². The molecule has 8 nitrogen and oxygen atoms in total. The molecular weight excluding hydrogens is 392 g/mol. The Hall–Kier alpha value is -3.23. The van der Waals surface area contributed by atoms with Crippen molar-refractivity contribution in [1.29, 1.82) is 0 Å². The van der Waals surface area contributed by atoms with Gasteiger partial charge in [0.1, 0.15) is 5.82 Å². The molecule has 2 aliphatic heterocycles. The summed E-state index contributed by atoms with van der Waals surface area (Å²) < 4.78 is 0. The smallest absolute Gasteiger partial charge is 0.270 e. The molecule has 0 saturated carbocycles. The minimum Gasteiger partial charge on any atom is -0.372 e. The number of rotatable bonds is 8. The van der Waals surface area contributed by atoms with Gasteiger partial charge in [-0.25, -0.2) is 4.99 Å². The summed E-state index contributed by atoms with van der Waals surface area (Å²) in [5.74, 6) is -0.275. The normalized spacial score (nSPS) is 20.9. The summed E-state index contributed by atoms with van der Waals surface area (Å²) in [4.78, 5) is 17.7. The van der Waals surface area contributed by atoms with E-state index in [4.69, 9.17) is 5.73 Å². The van der Waals surface area contributed by atoms with Crippen LogP contribution in [0.15, 0.2) is 65.4 Å². The predicted octanol–water partition coefficient (Wildman–Crippen LogP) is 2.92. The van der Waals surface area contributed by atoms with Gasteiger partial charge in [0.05, 0.1) is 4.92 Å². The van der Waals surface area contributed by atoms with E-state index in [2.05, 4.69) is 20.5 Å². The first-order valence-corrected chi connectivity index (χ1v) is 10.7. The Morgan fingerprint density at radius 3 is 2.68 bits per heavy atom. The number of non-ortho nitro benzene ring substituents is 1. The largest absolute Gasteiger partial charge is 0.372 e. The van der Waals surface area contributed by atoms with E-state index in [1.165, 1.54) is 32.0 Å². The van der Waals surface area contributed by atoms with E-state index in [1.807, 2.05) is 36.4 Å². The first kappa shape index (κ1) is 21.0. The van der Waals surface area contributed by atoms with Crippen molar-refractivity contribution in [2.45, 2.75) is 25.0 Å². The zero-order valence-electron chi connectivity index (χ0n) is 17.5. The highest BCUT2D eigenvalue weighted by molar-refractivity contribution is 5.74. The van der Waals surface area contributed by atoms with Gasteiger partial charge in [-0.1, -0.05) is 30.3 Å². The molecule has 2 heterocycles. The molecule has 1 unspecified atom stereocenters. The molecule has 2 aromatic carbocycles. The molecule has 4 N–H and O–H groups in total. The van der Waals surface area contributed by atoms with Gasteiger partial charge in [0.25, 0.3) is 5.69 Å². The summed E-state index contributed by atoms with van der Waals surface area (Å²) in [5, 5.41) is 17.8. The lowest BCUT2D eigenvalue weighted by Crippen LogP contribution is -2.52. The molecule has 1 atom stereocenters. The number of nitro groups is 1. The average molecular weight is 421 g/mol. The fraction of sp³-hybridized carbons (Fsp3) is 0.348. The van der Waals surface area contributed by atoms with Gasteiger partial charge in [-0.3, -0.25) is 15.8 Å². The summed E-state index contributed by atoms with van der Waals surface area (Å²) in [6.07, 6.45) is 7.27. The van der Waals surface area contributed by atoms with Crippen molar-refractivity contribution in [3.05, 3.63) is 76.1 Å². The molecule has 0 aliphatic carbocycles. The monoisotopic (exact) mass is 420 g/mol. The second-order valence-corrected chi connectivity index (χ2v) is 7.97. The molecule has 0 bridgehead atoms. The molecule has 0 spiro atoms. The number of aliphatic imine (C=N–C) groups is 1. The van der Waals surface area contributed by atoms with Crippen LogP contribution >= 0.6 is 0 Å². The Balaban J connectivity index is 1.42. The molecule has 0 amide bonds. The van der Waals surface area contributed by atoms with Gasteiger partial charge in [-0.15, -0.1) is 0 Å². The fourth-order valence-electron chi connectivity index (χ4n) is 4.03. The van der Waals surface area contributed by atoms with Crippen LogP contribution in [0.2, 0.25) is 0 Å². The molecular formula is C23H28N6O2. The van der Waals surface area contributed by atoms with Crippen LogP contribution in [-0.4, -0.2) is 42.2 Å². The summed E-state index contributed by atoms with van der Waals surface area (Å²) in [5.41, 5.74) is 9.03. The third-order valence-electron chi connectivity index (χ3n) is 5.70. The quantitative estimate of drug-likeness (QED) is 0.344.